The number of nitrogens with one attached hydrogen (secondary N) is 1. The second-order valence-corrected chi connectivity index (χ2v) is 4.21. The quantitative estimate of drug-likeness (QED) is 0.818. The molecule has 18 heavy (non-hydrogen) atoms. The first-order valence-corrected chi connectivity index (χ1v) is 5.73. The second-order valence-electron chi connectivity index (χ2n) is 4.21. The van der Waals surface area contributed by atoms with Gasteiger partial charge in [0.1, 0.15) is 0 Å². The number of carbonyl (C=O) groups is 1. The maximum atomic E-state index is 13.6. The van der Waals surface area contributed by atoms with Crippen molar-refractivity contribution in [2.24, 2.45) is 5.92 Å². The van der Waals surface area contributed by atoms with Gasteiger partial charge in [0.05, 0.1) is 13.0 Å². The van der Waals surface area contributed by atoms with E-state index >= 15 is 0 Å². The van der Waals surface area contributed by atoms with Crippen LogP contribution in [0.2, 0.25) is 0 Å². The maximum Gasteiger partial charge on any atom is 0.306 e. The highest BCUT2D eigenvalue weighted by Gasteiger charge is 2.19. The van der Waals surface area contributed by atoms with Gasteiger partial charge < -0.3 is 15.2 Å². The van der Waals surface area contributed by atoms with E-state index in [2.05, 4.69) is 5.32 Å². The zero-order valence-electron chi connectivity index (χ0n) is 10.7. The fourth-order valence-electron chi connectivity index (χ4n) is 1.77. The molecule has 0 saturated carbocycles. The molecule has 0 aliphatic rings. The molecule has 1 rings (SSSR count). The van der Waals surface area contributed by atoms with Gasteiger partial charge in [0.25, 0.3) is 0 Å². The first-order chi connectivity index (χ1) is 8.49. The largest absolute Gasteiger partial charge is 0.494 e. The Morgan fingerprint density at radius 3 is 2.67 bits per heavy atom. The van der Waals surface area contributed by atoms with Crippen LogP contribution in [0.15, 0.2) is 18.2 Å². The Labute approximate surface area is 106 Å². The van der Waals surface area contributed by atoms with E-state index in [1.165, 1.54) is 13.2 Å². The van der Waals surface area contributed by atoms with Gasteiger partial charge in [-0.2, -0.15) is 0 Å². The lowest BCUT2D eigenvalue weighted by Crippen LogP contribution is -2.22. The van der Waals surface area contributed by atoms with Gasteiger partial charge >= 0.3 is 5.97 Å². The molecule has 2 unspecified atom stereocenters. The van der Waals surface area contributed by atoms with E-state index in [0.717, 1.165) is 0 Å². The van der Waals surface area contributed by atoms with E-state index in [1.54, 1.807) is 26.1 Å². The van der Waals surface area contributed by atoms with E-state index < -0.39 is 17.7 Å². The summed E-state index contributed by atoms with van der Waals surface area (Å²) in [6.45, 7) is 1.63. The molecule has 0 bridgehead atoms. The number of rotatable bonds is 6. The molecule has 1 aromatic rings. The van der Waals surface area contributed by atoms with E-state index in [1.807, 2.05) is 0 Å². The molecule has 0 aromatic heterocycles. The number of methoxy groups -OCH3 is 1. The fraction of sp³-hybridized carbons (Fsp3) is 0.462. The van der Waals surface area contributed by atoms with Gasteiger partial charge in [-0.3, -0.25) is 4.79 Å². The third-order valence-electron chi connectivity index (χ3n) is 2.94. The van der Waals surface area contributed by atoms with E-state index in [4.69, 9.17) is 9.84 Å². The van der Waals surface area contributed by atoms with Crippen molar-refractivity contribution in [3.05, 3.63) is 29.6 Å². The minimum atomic E-state index is -0.857. The lowest BCUT2D eigenvalue weighted by atomic mass is 9.96. The summed E-state index contributed by atoms with van der Waals surface area (Å²) in [4.78, 5) is 10.8. The van der Waals surface area contributed by atoms with Gasteiger partial charge in [-0.1, -0.05) is 13.0 Å². The van der Waals surface area contributed by atoms with Crippen molar-refractivity contribution in [3.8, 4) is 5.75 Å². The summed E-state index contributed by atoms with van der Waals surface area (Å²) in [5.41, 5.74) is 0.712. The van der Waals surface area contributed by atoms with Crippen LogP contribution in [0.1, 0.15) is 24.9 Å². The van der Waals surface area contributed by atoms with Crippen molar-refractivity contribution in [1.82, 2.24) is 5.32 Å². The average molecular weight is 255 g/mol. The van der Waals surface area contributed by atoms with E-state index in [0.29, 0.717) is 12.0 Å². The van der Waals surface area contributed by atoms with Crippen molar-refractivity contribution in [1.29, 1.82) is 0 Å². The van der Waals surface area contributed by atoms with E-state index in [-0.39, 0.29) is 11.8 Å². The van der Waals surface area contributed by atoms with Gasteiger partial charge in [0, 0.05) is 6.04 Å². The molecule has 0 aliphatic heterocycles. The maximum absolute atomic E-state index is 13.6. The zero-order chi connectivity index (χ0) is 13.7. The molecular formula is C13H18FNO3. The normalized spacial score (nSPS) is 14.0. The molecule has 0 saturated heterocycles. The minimum Gasteiger partial charge on any atom is -0.494 e. The number of hydrogen-bond donors (Lipinski definition) is 2. The molecule has 1 aromatic carbocycles. The highest BCUT2D eigenvalue weighted by Crippen LogP contribution is 2.25. The standard InChI is InChI=1S/C13H18FNO3/c1-8(13(16)17)6-11(15-2)9-4-5-12(18-3)10(14)7-9/h4-5,7-8,11,15H,6H2,1-3H3,(H,16,17). The number of hydrogen-bond acceptors (Lipinski definition) is 3. The van der Waals surface area contributed by atoms with Crippen molar-refractivity contribution in [2.75, 3.05) is 14.2 Å². The highest BCUT2D eigenvalue weighted by atomic mass is 19.1. The van der Waals surface area contributed by atoms with Gasteiger partial charge in [0.2, 0.25) is 0 Å². The zero-order valence-corrected chi connectivity index (χ0v) is 10.7. The van der Waals surface area contributed by atoms with Crippen molar-refractivity contribution in [3.63, 3.8) is 0 Å². The lowest BCUT2D eigenvalue weighted by Gasteiger charge is -2.19. The van der Waals surface area contributed by atoms with Crippen LogP contribution in [-0.4, -0.2) is 25.2 Å². The molecular weight excluding hydrogens is 237 g/mol. The van der Waals surface area contributed by atoms with Crippen LogP contribution in [0.4, 0.5) is 4.39 Å². The van der Waals surface area contributed by atoms with Gasteiger partial charge in [-0.05, 0) is 31.2 Å². The Morgan fingerprint density at radius 1 is 1.56 bits per heavy atom. The number of ether oxygens (including phenoxy) is 1. The third-order valence-corrected chi connectivity index (χ3v) is 2.94. The monoisotopic (exact) mass is 255 g/mol. The first-order valence-electron chi connectivity index (χ1n) is 5.73. The number of carboxylic acids is 1. The molecule has 0 heterocycles. The SMILES string of the molecule is CNC(CC(C)C(=O)O)c1ccc(OC)c(F)c1. The van der Waals surface area contributed by atoms with Crippen LogP contribution >= 0.6 is 0 Å². The molecule has 5 heteroatoms. The van der Waals surface area contributed by atoms with Crippen LogP contribution in [0, 0.1) is 11.7 Å². The van der Waals surface area contributed by atoms with Crippen LogP contribution in [0.25, 0.3) is 0 Å². The van der Waals surface area contributed by atoms with Crippen LogP contribution in [0.3, 0.4) is 0 Å². The summed E-state index contributed by atoms with van der Waals surface area (Å²) in [5, 5.41) is 11.9. The number of benzene rings is 1. The lowest BCUT2D eigenvalue weighted by molar-refractivity contribution is -0.141. The predicted molar refractivity (Wildman–Crippen MR) is 66.2 cm³/mol. The summed E-state index contributed by atoms with van der Waals surface area (Å²) >= 11 is 0. The Hall–Kier alpha value is -1.62. The molecule has 0 amide bonds. The summed E-state index contributed by atoms with van der Waals surface area (Å²) in [5.74, 6) is -1.62. The predicted octanol–water partition coefficient (Wildman–Crippen LogP) is 2.21. The van der Waals surface area contributed by atoms with Crippen molar-refractivity contribution in [2.45, 2.75) is 19.4 Å². The number of carboxylic acid groups (broad SMARTS) is 1. The van der Waals surface area contributed by atoms with E-state index in [9.17, 15) is 9.18 Å². The first kappa shape index (κ1) is 14.4. The molecule has 4 nitrogen and oxygen atoms in total. The Kier molecular flexibility index (Phi) is 5.09. The number of halogens is 1. The minimum absolute atomic E-state index is 0.180. The topological polar surface area (TPSA) is 58.6 Å². The Balaban J connectivity index is 2.88. The molecule has 100 valence electrons. The number of aliphatic carboxylic acids is 1. The van der Waals surface area contributed by atoms with Crippen LogP contribution < -0.4 is 10.1 Å². The Bertz CT molecular complexity index is 423. The summed E-state index contributed by atoms with van der Waals surface area (Å²) < 4.78 is 18.4. The van der Waals surface area contributed by atoms with Gasteiger partial charge in [-0.15, -0.1) is 0 Å². The van der Waals surface area contributed by atoms with Crippen LogP contribution in [-0.2, 0) is 4.79 Å². The molecule has 0 fully saturated rings. The molecule has 2 atom stereocenters. The molecule has 0 radical (unpaired) electrons. The summed E-state index contributed by atoms with van der Waals surface area (Å²) in [7, 11) is 3.13. The molecule has 0 spiro atoms. The highest BCUT2D eigenvalue weighted by molar-refractivity contribution is 5.69. The fourth-order valence-corrected chi connectivity index (χ4v) is 1.77. The van der Waals surface area contributed by atoms with Crippen LogP contribution in [0.5, 0.6) is 5.75 Å². The third kappa shape index (κ3) is 3.43. The van der Waals surface area contributed by atoms with Gasteiger partial charge in [0.15, 0.2) is 11.6 Å². The van der Waals surface area contributed by atoms with Gasteiger partial charge in [-0.25, -0.2) is 4.39 Å². The Morgan fingerprint density at radius 2 is 2.22 bits per heavy atom. The van der Waals surface area contributed by atoms with Crippen molar-refractivity contribution < 1.29 is 19.0 Å². The second kappa shape index (κ2) is 6.35. The smallest absolute Gasteiger partial charge is 0.306 e. The average Bonchev–Trinajstić information content (AvgIpc) is 2.35. The molecule has 2 N–H and O–H groups in total. The summed E-state index contributed by atoms with van der Waals surface area (Å²) in [6, 6.07) is 4.45. The van der Waals surface area contributed by atoms with Crippen molar-refractivity contribution >= 4 is 5.97 Å². The summed E-state index contributed by atoms with van der Waals surface area (Å²) in [6.07, 6.45) is 0.400. The molecule has 0 aliphatic carbocycles.